The van der Waals surface area contributed by atoms with Crippen molar-refractivity contribution < 1.29 is 0 Å². The Bertz CT molecular complexity index is 2790. The van der Waals surface area contributed by atoms with Gasteiger partial charge in [0.2, 0.25) is 0 Å². The molecule has 3 heterocycles. The highest BCUT2D eigenvalue weighted by Crippen LogP contribution is 2.55. The van der Waals surface area contributed by atoms with Crippen LogP contribution in [0.3, 0.4) is 0 Å². The number of hydrogen-bond donors (Lipinski definition) is 0. The van der Waals surface area contributed by atoms with Crippen molar-refractivity contribution in [3.8, 4) is 56.8 Å². The predicted octanol–water partition coefficient (Wildman–Crippen LogP) is 13.0. The molecule has 10 rings (SSSR count). The van der Waals surface area contributed by atoms with Crippen molar-refractivity contribution in [2.45, 2.75) is 57.8 Å². The van der Waals surface area contributed by atoms with E-state index in [9.17, 15) is 5.26 Å². The molecular weight excluding hydrogens is 695 g/mol. The lowest BCUT2D eigenvalue weighted by atomic mass is 9.54. The van der Waals surface area contributed by atoms with Crippen LogP contribution in [0.25, 0.3) is 72.5 Å². The van der Waals surface area contributed by atoms with E-state index in [0.29, 0.717) is 11.4 Å². The largest absolute Gasteiger partial charge is 0.309 e. The molecular formula is C52H45N5. The highest BCUT2D eigenvalue weighted by Gasteiger charge is 2.45. The van der Waals surface area contributed by atoms with E-state index < -0.39 is 0 Å². The summed E-state index contributed by atoms with van der Waals surface area (Å²) >= 11 is 0. The van der Waals surface area contributed by atoms with Gasteiger partial charge in [0.05, 0.1) is 34.1 Å². The zero-order valence-electron chi connectivity index (χ0n) is 32.6. The first-order chi connectivity index (χ1) is 28.0. The summed E-state index contributed by atoms with van der Waals surface area (Å²) in [6.07, 6.45) is 11.6. The third kappa shape index (κ3) is 6.40. The molecule has 5 nitrogen and oxygen atoms in total. The Balaban J connectivity index is 1.05. The van der Waals surface area contributed by atoms with Crippen LogP contribution >= 0.6 is 0 Å². The monoisotopic (exact) mass is 739 g/mol. The maximum absolute atomic E-state index is 9.45. The Labute approximate surface area is 334 Å². The van der Waals surface area contributed by atoms with Gasteiger partial charge in [0.1, 0.15) is 0 Å². The molecule has 2 aliphatic rings. The lowest BCUT2D eigenvalue weighted by Crippen LogP contribution is -2.42. The lowest BCUT2D eigenvalue weighted by Gasteiger charge is -2.51. The summed E-state index contributed by atoms with van der Waals surface area (Å²) in [5.41, 5.74) is 12.7. The van der Waals surface area contributed by atoms with Crippen LogP contribution < -0.4 is 0 Å². The van der Waals surface area contributed by atoms with Gasteiger partial charge in [0, 0.05) is 45.5 Å². The summed E-state index contributed by atoms with van der Waals surface area (Å²) in [6, 6.07) is 49.5. The van der Waals surface area contributed by atoms with Gasteiger partial charge in [-0.05, 0) is 133 Å². The normalized spacial score (nSPS) is 20.4. The number of pyridine rings is 1. The van der Waals surface area contributed by atoms with Crippen molar-refractivity contribution in [2.24, 2.45) is 17.8 Å². The first kappa shape index (κ1) is 35.1. The Morgan fingerprint density at radius 2 is 1.40 bits per heavy atom. The molecule has 2 saturated carbocycles. The zero-order chi connectivity index (χ0) is 38.5. The van der Waals surface area contributed by atoms with E-state index in [1.165, 1.54) is 54.9 Å². The Morgan fingerprint density at radius 3 is 2.19 bits per heavy atom. The van der Waals surface area contributed by atoms with E-state index in [1.54, 1.807) is 6.20 Å². The summed E-state index contributed by atoms with van der Waals surface area (Å²) in [5.74, 6) is 3.12. The van der Waals surface area contributed by atoms with Crippen molar-refractivity contribution in [3.05, 3.63) is 157 Å². The van der Waals surface area contributed by atoms with Gasteiger partial charge in [-0.3, -0.25) is 4.98 Å². The average molecular weight is 740 g/mol. The number of nitrogens with zero attached hydrogens (tertiary/aromatic N) is 5. The maximum atomic E-state index is 9.45. The van der Waals surface area contributed by atoms with E-state index in [1.807, 2.05) is 42.6 Å². The first-order valence-corrected chi connectivity index (χ1v) is 20.5. The molecule has 2 bridgehead atoms. The number of hydrogen-bond acceptors (Lipinski definition) is 4. The maximum Gasteiger partial charge on any atom is 0.161 e. The summed E-state index contributed by atoms with van der Waals surface area (Å²) < 4.78 is 2.30. The Hall–Kier alpha value is -6.38. The van der Waals surface area contributed by atoms with Gasteiger partial charge < -0.3 is 4.57 Å². The molecule has 2 fully saturated rings. The number of rotatable bonds is 7. The van der Waals surface area contributed by atoms with Crippen LogP contribution in [-0.2, 0) is 5.41 Å². The highest BCUT2D eigenvalue weighted by atomic mass is 15.0. The van der Waals surface area contributed by atoms with Crippen molar-refractivity contribution in [2.75, 3.05) is 0 Å². The predicted molar refractivity (Wildman–Crippen MR) is 232 cm³/mol. The van der Waals surface area contributed by atoms with Crippen LogP contribution in [0.15, 0.2) is 146 Å². The zero-order valence-corrected chi connectivity index (χ0v) is 32.6. The fraction of sp³-hybridized carbons (Fsp3) is 0.231. The van der Waals surface area contributed by atoms with E-state index in [-0.39, 0.29) is 5.41 Å². The first-order valence-electron chi connectivity index (χ1n) is 20.5. The number of nitriles is 1. The van der Waals surface area contributed by atoms with Gasteiger partial charge in [-0.2, -0.15) is 5.26 Å². The van der Waals surface area contributed by atoms with E-state index in [0.717, 1.165) is 73.7 Å². The molecule has 3 aromatic heterocycles. The van der Waals surface area contributed by atoms with Crippen LogP contribution in [0.5, 0.6) is 0 Å². The van der Waals surface area contributed by atoms with E-state index >= 15 is 0 Å². The van der Waals surface area contributed by atoms with Crippen LogP contribution in [0.4, 0.5) is 0 Å². The van der Waals surface area contributed by atoms with E-state index in [4.69, 9.17) is 9.97 Å². The summed E-state index contributed by atoms with van der Waals surface area (Å²) in [5, 5.41) is 11.8. The fourth-order valence-corrected chi connectivity index (χ4v) is 10.5. The number of benzene rings is 5. The summed E-state index contributed by atoms with van der Waals surface area (Å²) in [4.78, 5) is 14.7. The second-order valence-corrected chi connectivity index (χ2v) is 16.7. The van der Waals surface area contributed by atoms with Crippen LogP contribution in [-0.4, -0.2) is 19.5 Å². The molecule has 0 radical (unpaired) electrons. The lowest BCUT2D eigenvalue weighted by molar-refractivity contribution is 0.0702. The van der Waals surface area contributed by atoms with Crippen LogP contribution in [0, 0.1) is 29.1 Å². The Morgan fingerprint density at radius 1 is 0.667 bits per heavy atom. The number of para-hydroxylation sites is 1. The fourth-order valence-electron chi connectivity index (χ4n) is 10.5. The van der Waals surface area contributed by atoms with Crippen molar-refractivity contribution in [1.82, 2.24) is 19.5 Å². The smallest absolute Gasteiger partial charge is 0.161 e. The summed E-state index contributed by atoms with van der Waals surface area (Å²) in [6.45, 7) is 4.85. The molecule has 0 N–H and O–H groups in total. The molecule has 0 aliphatic heterocycles. The third-order valence-corrected chi connectivity index (χ3v) is 12.9. The molecule has 0 amide bonds. The third-order valence-electron chi connectivity index (χ3n) is 12.9. The molecule has 5 heteroatoms. The van der Waals surface area contributed by atoms with Gasteiger partial charge in [-0.1, -0.05) is 93.1 Å². The standard InChI is InChI=1S/C52H45N5/c1-3-35-25-37-24-34(2)29-52(30-35,31-37)43-18-15-38(16-19-43)47-28-48(56-51(55-47)42-10-7-23-54-33-42)41-9-6-8-39(26-41)40-17-22-46-45-11-4-5-12-49(45)57(50(46)27-40)44-20-13-36(32-53)14-21-44/h4-23,26-28,33-35,37H,3,24-25,29-31H2,1-2H3/t34-,35+,37-,52?/m0/s1. The Kier molecular flexibility index (Phi) is 8.79. The summed E-state index contributed by atoms with van der Waals surface area (Å²) in [7, 11) is 0. The molecule has 0 saturated heterocycles. The van der Waals surface area contributed by atoms with Gasteiger partial charge >= 0.3 is 0 Å². The topological polar surface area (TPSA) is 67.4 Å². The molecule has 8 aromatic rings. The van der Waals surface area contributed by atoms with Gasteiger partial charge in [-0.15, -0.1) is 0 Å². The average Bonchev–Trinajstić information content (AvgIpc) is 3.60. The van der Waals surface area contributed by atoms with Gasteiger partial charge in [0.25, 0.3) is 0 Å². The second-order valence-electron chi connectivity index (χ2n) is 16.7. The van der Waals surface area contributed by atoms with Crippen molar-refractivity contribution in [1.29, 1.82) is 5.26 Å². The van der Waals surface area contributed by atoms with Gasteiger partial charge in [-0.25, -0.2) is 9.97 Å². The quantitative estimate of drug-likeness (QED) is 0.163. The molecule has 5 aromatic carbocycles. The molecule has 4 atom stereocenters. The van der Waals surface area contributed by atoms with Crippen molar-refractivity contribution in [3.63, 3.8) is 0 Å². The molecule has 57 heavy (non-hydrogen) atoms. The van der Waals surface area contributed by atoms with Gasteiger partial charge in [0.15, 0.2) is 5.82 Å². The van der Waals surface area contributed by atoms with E-state index in [2.05, 4.69) is 127 Å². The molecule has 0 spiro atoms. The van der Waals surface area contributed by atoms with Crippen LogP contribution in [0.1, 0.15) is 63.5 Å². The SMILES string of the molecule is CC[C@@H]1C[C@@H]2C[C@H](C)CC(c3ccc(-c4cc(-c5cccc(-c6ccc7c8ccccc8n(-c8ccc(C#N)cc8)c7c6)c5)nc(-c5cccnc5)n4)cc3)(C1)C2. The number of fused-ring (bicyclic) bond motifs is 5. The van der Waals surface area contributed by atoms with Crippen molar-refractivity contribution >= 4 is 21.8 Å². The molecule has 1 unspecified atom stereocenters. The highest BCUT2D eigenvalue weighted by molar-refractivity contribution is 6.10. The minimum absolute atomic E-state index is 0.289. The molecule has 278 valence electrons. The minimum Gasteiger partial charge on any atom is -0.309 e. The minimum atomic E-state index is 0.289. The number of aromatic nitrogens is 4. The molecule has 2 aliphatic carbocycles. The van der Waals surface area contributed by atoms with Crippen LogP contribution in [0.2, 0.25) is 0 Å². The second kappa shape index (κ2) is 14.3.